The zero-order valence-electron chi connectivity index (χ0n) is 20.5. The summed E-state index contributed by atoms with van der Waals surface area (Å²) in [6.07, 6.45) is 3.34. The molecule has 0 unspecified atom stereocenters. The highest BCUT2D eigenvalue weighted by atomic mass is 16.6. The minimum absolute atomic E-state index is 0.107. The third kappa shape index (κ3) is 6.67. The fourth-order valence-electron chi connectivity index (χ4n) is 4.00. The maximum Gasteiger partial charge on any atom is 0.420 e. The van der Waals surface area contributed by atoms with E-state index in [9.17, 15) is 9.59 Å². The van der Waals surface area contributed by atoms with Crippen molar-refractivity contribution in [2.75, 3.05) is 30.4 Å². The van der Waals surface area contributed by atoms with Crippen LogP contribution in [-0.2, 0) is 6.54 Å². The Labute approximate surface area is 206 Å². The standard InChI is InChI=1S/C28H32N4O3/c1-28(2)14-17-32(18-15-28)20-21-9-11-22(12-10-21)26(33)30-23-13-16-29-25(19-23)35-27(34)31(3)24-7-5-4-6-8-24/h4-13,16,19H,14-15,17-18,20H2,1-3H3,(H,29,30,33). The number of hydrogen-bond acceptors (Lipinski definition) is 5. The molecule has 3 aromatic rings. The van der Waals surface area contributed by atoms with Crippen molar-refractivity contribution in [2.24, 2.45) is 5.41 Å². The van der Waals surface area contributed by atoms with Gasteiger partial charge in [0.05, 0.1) is 0 Å². The zero-order chi connectivity index (χ0) is 24.8. The summed E-state index contributed by atoms with van der Waals surface area (Å²) in [5.74, 6) is -0.128. The predicted molar refractivity (Wildman–Crippen MR) is 138 cm³/mol. The van der Waals surface area contributed by atoms with Crippen LogP contribution in [-0.4, -0.2) is 42.0 Å². The number of likely N-dealkylation sites (tertiary alicyclic amines) is 1. The van der Waals surface area contributed by atoms with E-state index >= 15 is 0 Å². The van der Waals surface area contributed by atoms with Gasteiger partial charge in [-0.1, -0.05) is 44.2 Å². The highest BCUT2D eigenvalue weighted by Crippen LogP contribution is 2.30. The Kier molecular flexibility index (Phi) is 7.46. The Balaban J connectivity index is 1.32. The second kappa shape index (κ2) is 10.7. The first-order valence-corrected chi connectivity index (χ1v) is 11.9. The Hall–Kier alpha value is -3.71. The van der Waals surface area contributed by atoms with Crippen LogP contribution in [0.1, 0.15) is 42.6 Å². The van der Waals surface area contributed by atoms with Gasteiger partial charge in [0.25, 0.3) is 5.91 Å². The summed E-state index contributed by atoms with van der Waals surface area (Å²) in [7, 11) is 1.62. The molecule has 0 bridgehead atoms. The number of hydrogen-bond donors (Lipinski definition) is 1. The number of aromatic nitrogens is 1. The predicted octanol–water partition coefficient (Wildman–Crippen LogP) is 5.59. The summed E-state index contributed by atoms with van der Waals surface area (Å²) in [4.78, 5) is 33.1. The van der Waals surface area contributed by atoms with Gasteiger partial charge in [-0.15, -0.1) is 0 Å². The van der Waals surface area contributed by atoms with Crippen molar-refractivity contribution in [3.63, 3.8) is 0 Å². The van der Waals surface area contributed by atoms with Crippen LogP contribution in [0.3, 0.4) is 0 Å². The zero-order valence-corrected chi connectivity index (χ0v) is 20.5. The summed E-state index contributed by atoms with van der Waals surface area (Å²) in [6, 6.07) is 20.1. The van der Waals surface area contributed by atoms with E-state index < -0.39 is 6.09 Å². The van der Waals surface area contributed by atoms with Gasteiger partial charge in [0.2, 0.25) is 5.88 Å². The minimum atomic E-state index is -0.569. The van der Waals surface area contributed by atoms with Crippen LogP contribution in [0.15, 0.2) is 72.9 Å². The van der Waals surface area contributed by atoms with E-state index in [1.54, 1.807) is 13.1 Å². The van der Waals surface area contributed by atoms with Crippen molar-refractivity contribution in [3.05, 3.63) is 84.1 Å². The number of nitrogens with one attached hydrogen (secondary N) is 1. The van der Waals surface area contributed by atoms with Gasteiger partial charge in [0.15, 0.2) is 0 Å². The van der Waals surface area contributed by atoms with Crippen molar-refractivity contribution < 1.29 is 14.3 Å². The van der Waals surface area contributed by atoms with E-state index in [1.807, 2.05) is 54.6 Å². The molecule has 7 heteroatoms. The molecular formula is C28H32N4O3. The average Bonchev–Trinajstić information content (AvgIpc) is 2.86. The fourth-order valence-corrected chi connectivity index (χ4v) is 4.00. The van der Waals surface area contributed by atoms with E-state index in [1.165, 1.54) is 35.6 Å². The van der Waals surface area contributed by atoms with E-state index in [-0.39, 0.29) is 11.8 Å². The molecule has 0 aliphatic carbocycles. The van der Waals surface area contributed by atoms with Crippen LogP contribution < -0.4 is 15.0 Å². The lowest BCUT2D eigenvalue weighted by Crippen LogP contribution is -2.36. The van der Waals surface area contributed by atoms with Gasteiger partial charge in [-0.3, -0.25) is 14.6 Å². The van der Waals surface area contributed by atoms with Gasteiger partial charge in [0, 0.05) is 42.8 Å². The number of anilines is 2. The molecule has 1 aliphatic rings. The minimum Gasteiger partial charge on any atom is -0.391 e. The molecule has 182 valence electrons. The number of amides is 2. The van der Waals surface area contributed by atoms with Crippen LogP contribution in [0.2, 0.25) is 0 Å². The maximum atomic E-state index is 12.8. The number of benzene rings is 2. The van der Waals surface area contributed by atoms with Crippen LogP contribution in [0, 0.1) is 5.41 Å². The van der Waals surface area contributed by atoms with E-state index in [0.29, 0.717) is 22.4 Å². The molecule has 0 atom stereocenters. The largest absolute Gasteiger partial charge is 0.420 e. The highest BCUT2D eigenvalue weighted by molar-refractivity contribution is 6.04. The SMILES string of the molecule is CN(C(=O)Oc1cc(NC(=O)c2ccc(CN3CCC(C)(C)CC3)cc2)ccn1)c1ccccc1. The number of rotatable bonds is 6. The summed E-state index contributed by atoms with van der Waals surface area (Å²) in [6.45, 7) is 7.76. The van der Waals surface area contributed by atoms with Crippen molar-refractivity contribution in [1.82, 2.24) is 9.88 Å². The van der Waals surface area contributed by atoms with Crippen molar-refractivity contribution in [1.29, 1.82) is 0 Å². The molecule has 1 N–H and O–H groups in total. The quantitative estimate of drug-likeness (QED) is 0.506. The number of nitrogens with zero attached hydrogens (tertiary/aromatic N) is 3. The Morgan fingerprint density at radius 2 is 1.71 bits per heavy atom. The normalized spacial score (nSPS) is 15.3. The number of pyridine rings is 1. The van der Waals surface area contributed by atoms with Gasteiger partial charge in [-0.05, 0) is 67.2 Å². The van der Waals surface area contributed by atoms with Gasteiger partial charge in [-0.25, -0.2) is 9.78 Å². The van der Waals surface area contributed by atoms with E-state index in [4.69, 9.17) is 4.74 Å². The Bertz CT molecular complexity index is 1150. The lowest BCUT2D eigenvalue weighted by molar-refractivity contribution is 0.102. The number of para-hydroxylation sites is 1. The summed E-state index contributed by atoms with van der Waals surface area (Å²) < 4.78 is 5.38. The number of carbonyl (C=O) groups is 2. The summed E-state index contributed by atoms with van der Waals surface area (Å²) in [5.41, 5.74) is 3.39. The van der Waals surface area contributed by atoms with Crippen LogP contribution in [0.5, 0.6) is 5.88 Å². The number of carbonyl (C=O) groups excluding carboxylic acids is 2. The molecule has 0 spiro atoms. The van der Waals surface area contributed by atoms with Crippen LogP contribution >= 0.6 is 0 Å². The molecule has 2 aromatic carbocycles. The molecule has 0 radical (unpaired) electrons. The van der Waals surface area contributed by atoms with Gasteiger partial charge >= 0.3 is 6.09 Å². The first kappa shape index (κ1) is 24.4. The van der Waals surface area contributed by atoms with E-state index in [0.717, 1.165) is 19.6 Å². The number of ether oxygens (including phenoxy) is 1. The van der Waals surface area contributed by atoms with Crippen molar-refractivity contribution >= 4 is 23.4 Å². The molecule has 1 fully saturated rings. The molecule has 2 heterocycles. The van der Waals surface area contributed by atoms with Gasteiger partial charge in [-0.2, -0.15) is 0 Å². The third-order valence-corrected chi connectivity index (χ3v) is 6.43. The van der Waals surface area contributed by atoms with Crippen LogP contribution in [0.25, 0.3) is 0 Å². The molecule has 4 rings (SSSR count). The molecule has 2 amide bonds. The Morgan fingerprint density at radius 1 is 1.03 bits per heavy atom. The molecule has 1 saturated heterocycles. The molecule has 0 saturated carbocycles. The molecule has 7 nitrogen and oxygen atoms in total. The first-order valence-electron chi connectivity index (χ1n) is 11.9. The monoisotopic (exact) mass is 472 g/mol. The van der Waals surface area contributed by atoms with Crippen molar-refractivity contribution in [2.45, 2.75) is 33.2 Å². The lowest BCUT2D eigenvalue weighted by Gasteiger charge is -2.36. The highest BCUT2D eigenvalue weighted by Gasteiger charge is 2.25. The molecule has 1 aliphatic heterocycles. The average molecular weight is 473 g/mol. The topological polar surface area (TPSA) is 74.8 Å². The molecule has 1 aromatic heterocycles. The number of piperidine rings is 1. The molecular weight excluding hydrogens is 440 g/mol. The van der Waals surface area contributed by atoms with Gasteiger partial charge < -0.3 is 10.1 Å². The first-order chi connectivity index (χ1) is 16.8. The van der Waals surface area contributed by atoms with E-state index in [2.05, 4.69) is 29.0 Å². The third-order valence-electron chi connectivity index (χ3n) is 6.43. The summed E-state index contributed by atoms with van der Waals surface area (Å²) in [5, 5.41) is 2.85. The lowest BCUT2D eigenvalue weighted by atomic mass is 9.82. The Morgan fingerprint density at radius 3 is 2.40 bits per heavy atom. The second-order valence-electron chi connectivity index (χ2n) is 9.74. The van der Waals surface area contributed by atoms with Gasteiger partial charge in [0.1, 0.15) is 0 Å². The smallest absolute Gasteiger partial charge is 0.391 e. The van der Waals surface area contributed by atoms with Crippen LogP contribution in [0.4, 0.5) is 16.2 Å². The van der Waals surface area contributed by atoms with Crippen molar-refractivity contribution in [3.8, 4) is 5.88 Å². The summed E-state index contributed by atoms with van der Waals surface area (Å²) >= 11 is 0. The second-order valence-corrected chi connectivity index (χ2v) is 9.74. The fraction of sp³-hybridized carbons (Fsp3) is 0.321. The molecule has 35 heavy (non-hydrogen) atoms. The maximum absolute atomic E-state index is 12.8.